The van der Waals surface area contributed by atoms with E-state index < -0.39 is 96.1 Å². The van der Waals surface area contributed by atoms with Crippen LogP contribution in [-0.2, 0) is 57.1 Å². The summed E-state index contributed by atoms with van der Waals surface area (Å²) in [5, 5.41) is 14.8. The number of carbonyl (C=O) groups excluding carboxylic acids is 6. The van der Waals surface area contributed by atoms with Crippen molar-refractivity contribution in [3.05, 3.63) is 40.2 Å². The van der Waals surface area contributed by atoms with Crippen molar-refractivity contribution in [1.82, 2.24) is 5.32 Å². The van der Waals surface area contributed by atoms with Gasteiger partial charge in [-0.3, -0.25) is 19.2 Å². The fourth-order valence-corrected chi connectivity index (χ4v) is 5.29. The predicted octanol–water partition coefficient (Wildman–Crippen LogP) is 1.36. The molecule has 51 heavy (non-hydrogen) atoms. The second kappa shape index (κ2) is 16.2. The van der Waals surface area contributed by atoms with Crippen LogP contribution < -0.4 is 15.7 Å². The van der Waals surface area contributed by atoms with Crippen LogP contribution in [0.1, 0.15) is 54.0 Å². The number of benzene rings is 1. The van der Waals surface area contributed by atoms with Gasteiger partial charge in [0.2, 0.25) is 0 Å². The summed E-state index contributed by atoms with van der Waals surface area (Å²) in [6.45, 7) is 9.50. The summed E-state index contributed by atoms with van der Waals surface area (Å²) in [5.74, 6) is -8.53. The number of ether oxygens (including phenoxy) is 8. The zero-order chi connectivity index (χ0) is 38.4. The predicted molar refractivity (Wildman–Crippen MR) is 170 cm³/mol. The molecule has 18 nitrogen and oxygen atoms in total. The Balaban J connectivity index is 2.34. The lowest BCUT2D eigenvalue weighted by molar-refractivity contribution is -0.325. The third kappa shape index (κ3) is 10.2. The van der Waals surface area contributed by atoms with E-state index in [0.717, 1.165) is 34.8 Å². The molecule has 1 aliphatic rings. The zero-order valence-corrected chi connectivity index (χ0v) is 29.5. The minimum Gasteiger partial charge on any atom is -0.464 e. The van der Waals surface area contributed by atoms with Gasteiger partial charge in [-0.1, -0.05) is 0 Å². The molecule has 1 saturated heterocycles. The first-order chi connectivity index (χ1) is 23.7. The van der Waals surface area contributed by atoms with Crippen LogP contribution in [0.3, 0.4) is 0 Å². The molecule has 0 saturated carbocycles. The molecule has 0 spiro atoms. The number of hydrogen-bond acceptors (Lipinski definition) is 17. The van der Waals surface area contributed by atoms with Crippen LogP contribution in [0.25, 0.3) is 11.0 Å². The number of aliphatic hydroxyl groups is 1. The maximum absolute atomic E-state index is 13.8. The normalized spacial score (nSPS) is 22.8. The summed E-state index contributed by atoms with van der Waals surface area (Å²) < 4.78 is 49.2. The molecule has 1 amide bonds. The molecule has 3 rings (SSSR count). The molecule has 280 valence electrons. The molecule has 7 atom stereocenters. The van der Waals surface area contributed by atoms with Crippen molar-refractivity contribution in [2.75, 3.05) is 13.7 Å². The van der Waals surface area contributed by atoms with E-state index in [-0.39, 0.29) is 11.3 Å². The Morgan fingerprint density at radius 3 is 2.16 bits per heavy atom. The molecule has 0 radical (unpaired) electrons. The lowest BCUT2D eigenvalue weighted by Gasteiger charge is -2.50. The first kappa shape index (κ1) is 40.2. The van der Waals surface area contributed by atoms with Gasteiger partial charge < -0.3 is 52.7 Å². The van der Waals surface area contributed by atoms with Crippen LogP contribution >= 0.6 is 0 Å². The SMILES string of the molecule is COC(=O)C1(Oc2ccc3c(C)cc(=O)oc3c2)OC(C(OC(C)=O)C(COC(C)=O)OC(C)=O)C(NC(=O)OC(C)(C)C)C(OC(C)=O)C1O. The average Bonchev–Trinajstić information content (AvgIpc) is 2.99. The molecule has 1 aromatic carbocycles. The summed E-state index contributed by atoms with van der Waals surface area (Å²) in [6, 6.07) is 3.50. The quantitative estimate of drug-likeness (QED) is 0.189. The Labute approximate surface area is 291 Å². The number of fused-ring (bicyclic) bond motifs is 1. The highest BCUT2D eigenvalue weighted by atomic mass is 16.8. The molecule has 0 aliphatic carbocycles. The van der Waals surface area contributed by atoms with Crippen molar-refractivity contribution in [3.8, 4) is 5.75 Å². The molecule has 2 aromatic rings. The Morgan fingerprint density at radius 1 is 0.961 bits per heavy atom. The summed E-state index contributed by atoms with van der Waals surface area (Å²) in [4.78, 5) is 88.2. The first-order valence-electron chi connectivity index (χ1n) is 15.5. The lowest BCUT2D eigenvalue weighted by atomic mass is 9.86. The number of rotatable bonds is 11. The maximum atomic E-state index is 13.8. The largest absolute Gasteiger partial charge is 0.464 e. The Kier molecular flexibility index (Phi) is 12.8. The van der Waals surface area contributed by atoms with Crippen LogP contribution in [0.4, 0.5) is 4.79 Å². The van der Waals surface area contributed by atoms with Gasteiger partial charge in [0.05, 0.1) is 7.11 Å². The van der Waals surface area contributed by atoms with E-state index in [4.69, 9.17) is 42.3 Å². The Hall–Kier alpha value is -5.23. The van der Waals surface area contributed by atoms with Crippen LogP contribution in [0, 0.1) is 6.92 Å². The number of aryl methyl sites for hydroxylation is 1. The van der Waals surface area contributed by atoms with Gasteiger partial charge in [0.1, 0.15) is 35.7 Å². The monoisotopic (exact) mass is 723 g/mol. The van der Waals surface area contributed by atoms with E-state index >= 15 is 0 Å². The van der Waals surface area contributed by atoms with E-state index in [1.54, 1.807) is 27.7 Å². The standard InChI is InChI=1S/C33H41NO17/c1-15-12-24(39)48-22-13-20(10-11-21(15)22)49-33(30(41)43-9)29(40)28(47-19(5)38)25(34-31(42)51-32(6,7)8)27(50-33)26(46-18(4)37)23(45-17(3)36)14-44-16(2)35/h10-13,23,25-29,40H,14H2,1-9H3,(H,34,42). The highest BCUT2D eigenvalue weighted by molar-refractivity contribution is 5.83. The molecule has 2 heterocycles. The number of methoxy groups -OCH3 is 1. The topological polar surface area (TPSA) is 239 Å². The Bertz CT molecular complexity index is 1710. The zero-order valence-electron chi connectivity index (χ0n) is 29.5. The van der Waals surface area contributed by atoms with Crippen molar-refractivity contribution in [1.29, 1.82) is 0 Å². The fraction of sp³-hybridized carbons (Fsp3) is 0.545. The van der Waals surface area contributed by atoms with Crippen molar-refractivity contribution >= 4 is 46.9 Å². The summed E-state index contributed by atoms with van der Waals surface area (Å²) in [7, 11) is 0.916. The average molecular weight is 724 g/mol. The van der Waals surface area contributed by atoms with Crippen LogP contribution in [0.15, 0.2) is 33.5 Å². The molecule has 1 aliphatic heterocycles. The Morgan fingerprint density at radius 2 is 1.61 bits per heavy atom. The van der Waals surface area contributed by atoms with Gasteiger partial charge in [-0.15, -0.1) is 0 Å². The van der Waals surface area contributed by atoms with Crippen molar-refractivity contribution in [2.45, 2.75) is 103 Å². The highest BCUT2D eigenvalue weighted by Gasteiger charge is 2.66. The van der Waals surface area contributed by atoms with Crippen molar-refractivity contribution in [3.63, 3.8) is 0 Å². The van der Waals surface area contributed by atoms with E-state index in [1.165, 1.54) is 24.3 Å². The van der Waals surface area contributed by atoms with Crippen LogP contribution in [0.2, 0.25) is 0 Å². The highest BCUT2D eigenvalue weighted by Crippen LogP contribution is 2.39. The number of hydrogen-bond donors (Lipinski definition) is 2. The van der Waals surface area contributed by atoms with E-state index in [2.05, 4.69) is 5.32 Å². The van der Waals surface area contributed by atoms with Gasteiger partial charge in [0.25, 0.3) is 0 Å². The first-order valence-corrected chi connectivity index (χ1v) is 15.5. The minimum atomic E-state index is -3.02. The second-order valence-electron chi connectivity index (χ2n) is 12.5. The maximum Gasteiger partial charge on any atom is 0.408 e. The van der Waals surface area contributed by atoms with E-state index in [9.17, 15) is 38.7 Å². The number of nitrogens with one attached hydrogen (secondary N) is 1. The molecule has 7 unspecified atom stereocenters. The lowest BCUT2D eigenvalue weighted by Crippen LogP contribution is -2.76. The number of aliphatic hydroxyl groups excluding tert-OH is 1. The third-order valence-electron chi connectivity index (χ3n) is 7.13. The molecule has 2 N–H and O–H groups in total. The van der Waals surface area contributed by atoms with Gasteiger partial charge in [0.15, 0.2) is 24.4 Å². The molecule has 1 aromatic heterocycles. The smallest absolute Gasteiger partial charge is 0.408 e. The number of amides is 1. The molecule has 18 heteroatoms. The summed E-state index contributed by atoms with van der Waals surface area (Å²) >= 11 is 0. The van der Waals surface area contributed by atoms with Gasteiger partial charge in [-0.05, 0) is 45.4 Å². The second-order valence-corrected chi connectivity index (χ2v) is 12.5. The summed E-state index contributed by atoms with van der Waals surface area (Å²) in [6.07, 6.45) is -11.1. The molecule has 1 fully saturated rings. The van der Waals surface area contributed by atoms with E-state index in [0.29, 0.717) is 10.9 Å². The van der Waals surface area contributed by atoms with Gasteiger partial charge in [0, 0.05) is 45.2 Å². The van der Waals surface area contributed by atoms with Gasteiger partial charge >= 0.3 is 47.4 Å². The summed E-state index contributed by atoms with van der Waals surface area (Å²) in [5.41, 5.74) is -1.23. The molecule has 0 bridgehead atoms. The number of carbonyl (C=O) groups is 6. The van der Waals surface area contributed by atoms with Crippen molar-refractivity contribution < 1.29 is 76.2 Å². The van der Waals surface area contributed by atoms with Gasteiger partial charge in [-0.2, -0.15) is 0 Å². The number of alkyl carbamates (subject to hydrolysis) is 1. The van der Waals surface area contributed by atoms with Crippen LogP contribution in [0.5, 0.6) is 5.75 Å². The fourth-order valence-electron chi connectivity index (χ4n) is 5.29. The van der Waals surface area contributed by atoms with Crippen LogP contribution in [-0.4, -0.2) is 103 Å². The minimum absolute atomic E-state index is 0.00876. The van der Waals surface area contributed by atoms with E-state index in [1.807, 2.05) is 0 Å². The number of esters is 5. The molecular weight excluding hydrogens is 682 g/mol. The third-order valence-corrected chi connectivity index (χ3v) is 7.13. The van der Waals surface area contributed by atoms with Crippen molar-refractivity contribution in [2.24, 2.45) is 0 Å². The molecular formula is C33H41NO17. The van der Waals surface area contributed by atoms with Gasteiger partial charge in [-0.25, -0.2) is 14.4 Å².